The molecule has 2 heterocycles. The summed E-state index contributed by atoms with van der Waals surface area (Å²) in [6.45, 7) is 3.62. The van der Waals surface area contributed by atoms with Crippen molar-refractivity contribution in [2.75, 3.05) is 59.6 Å². The molecule has 2 atom stereocenters. The van der Waals surface area contributed by atoms with Gasteiger partial charge < -0.3 is 28.6 Å². The highest BCUT2D eigenvalue weighted by Crippen LogP contribution is 2.56. The van der Waals surface area contributed by atoms with E-state index in [-0.39, 0.29) is 10.5 Å². The zero-order valence-corrected chi connectivity index (χ0v) is 28.6. The number of hydrogen-bond donors (Lipinski definition) is 0. The molecule has 260 valence electrons. The van der Waals surface area contributed by atoms with E-state index in [4.69, 9.17) is 23.7 Å². The Morgan fingerprint density at radius 1 is 0.776 bits per heavy atom. The largest absolute Gasteiger partial charge is 0.468 e. The van der Waals surface area contributed by atoms with Crippen molar-refractivity contribution in [3.8, 4) is 0 Å². The van der Waals surface area contributed by atoms with Gasteiger partial charge >= 0.3 is 23.9 Å². The molecule has 0 saturated carbocycles. The van der Waals surface area contributed by atoms with Crippen molar-refractivity contribution in [1.29, 1.82) is 0 Å². The quantitative estimate of drug-likeness (QED) is 0.184. The van der Waals surface area contributed by atoms with Gasteiger partial charge in [0, 0.05) is 24.7 Å². The Hall–Kier alpha value is -4.79. The normalized spacial score (nSPS) is 19.0. The molecule has 3 aromatic carbocycles. The van der Waals surface area contributed by atoms with Gasteiger partial charge in [-0.3, -0.25) is 9.59 Å². The standard InChI is InChI=1S/C35H38N2O11S/c1-22-11-14-25(15-12-22)49(42,43)37-30(23-9-7-6-8-10-23)26-16-13-24(36-17-19-48-20-18-36)21-27(26)29(28(31(38)44-2)32(39)45-3)35(37,33(40)46-4)34(41)47-5/h6-16,21,28-30H,17-20H2,1-5H3/t29-,30+/m0/s1. The van der Waals surface area contributed by atoms with Gasteiger partial charge in [-0.15, -0.1) is 0 Å². The zero-order chi connectivity index (χ0) is 35.5. The number of morpholine rings is 1. The summed E-state index contributed by atoms with van der Waals surface area (Å²) in [5.74, 6) is -9.07. The summed E-state index contributed by atoms with van der Waals surface area (Å²) >= 11 is 0. The van der Waals surface area contributed by atoms with Crippen LogP contribution in [-0.4, -0.2) is 96.9 Å². The van der Waals surface area contributed by atoms with E-state index in [1.54, 1.807) is 67.6 Å². The number of hydrogen-bond acceptors (Lipinski definition) is 12. The van der Waals surface area contributed by atoms with Gasteiger partial charge in [-0.25, -0.2) is 18.0 Å². The number of nitrogens with zero attached hydrogens (tertiary/aromatic N) is 2. The lowest BCUT2D eigenvalue weighted by atomic mass is 9.65. The summed E-state index contributed by atoms with van der Waals surface area (Å²) < 4.78 is 57.2. The van der Waals surface area contributed by atoms with Gasteiger partial charge in [-0.1, -0.05) is 54.1 Å². The van der Waals surface area contributed by atoms with Gasteiger partial charge in [0.05, 0.1) is 52.6 Å². The summed E-state index contributed by atoms with van der Waals surface area (Å²) in [4.78, 5) is 58.3. The molecule has 0 bridgehead atoms. The fourth-order valence-corrected chi connectivity index (χ4v) is 8.63. The minimum Gasteiger partial charge on any atom is -0.468 e. The molecule has 2 aliphatic rings. The van der Waals surface area contributed by atoms with Crippen LogP contribution in [0.4, 0.5) is 5.69 Å². The van der Waals surface area contributed by atoms with Crippen molar-refractivity contribution >= 4 is 39.6 Å². The van der Waals surface area contributed by atoms with Crippen LogP contribution in [0.2, 0.25) is 0 Å². The average Bonchev–Trinajstić information content (AvgIpc) is 3.14. The third-order valence-corrected chi connectivity index (χ3v) is 10.9. The molecule has 0 unspecified atom stereocenters. The smallest absolute Gasteiger partial charge is 0.339 e. The van der Waals surface area contributed by atoms with Gasteiger partial charge in [0.15, 0.2) is 5.92 Å². The van der Waals surface area contributed by atoms with Gasteiger partial charge in [0.2, 0.25) is 15.6 Å². The Kier molecular flexibility index (Phi) is 10.4. The van der Waals surface area contributed by atoms with E-state index in [0.717, 1.165) is 38.3 Å². The molecule has 0 amide bonds. The molecule has 49 heavy (non-hydrogen) atoms. The number of sulfonamides is 1. The molecule has 0 radical (unpaired) electrons. The van der Waals surface area contributed by atoms with E-state index < -0.39 is 57.3 Å². The van der Waals surface area contributed by atoms with Gasteiger partial charge in [-0.05, 0) is 47.9 Å². The van der Waals surface area contributed by atoms with Crippen LogP contribution < -0.4 is 4.90 Å². The van der Waals surface area contributed by atoms with Crippen LogP contribution in [0.15, 0.2) is 77.7 Å². The van der Waals surface area contributed by atoms with Crippen molar-refractivity contribution < 1.29 is 51.3 Å². The van der Waals surface area contributed by atoms with E-state index in [2.05, 4.69) is 0 Å². The minimum absolute atomic E-state index is 0.143. The highest BCUT2D eigenvalue weighted by molar-refractivity contribution is 7.89. The highest BCUT2D eigenvalue weighted by atomic mass is 32.2. The van der Waals surface area contributed by atoms with Gasteiger partial charge in [0.25, 0.3) is 0 Å². The molecular formula is C35H38N2O11S. The lowest BCUT2D eigenvalue weighted by Gasteiger charge is -2.52. The molecule has 2 aliphatic heterocycles. The Morgan fingerprint density at radius 2 is 1.35 bits per heavy atom. The number of carbonyl (C=O) groups excluding carboxylic acids is 4. The van der Waals surface area contributed by atoms with Crippen molar-refractivity contribution in [3.63, 3.8) is 0 Å². The maximum atomic E-state index is 15.2. The number of anilines is 1. The maximum absolute atomic E-state index is 15.2. The molecule has 0 spiro atoms. The molecule has 0 N–H and O–H groups in total. The first kappa shape index (κ1) is 35.5. The third-order valence-electron chi connectivity index (χ3n) is 9.04. The predicted octanol–water partition coefficient (Wildman–Crippen LogP) is 2.76. The molecule has 1 saturated heterocycles. The van der Waals surface area contributed by atoms with Gasteiger partial charge in [0.1, 0.15) is 0 Å². The first-order valence-electron chi connectivity index (χ1n) is 15.4. The summed E-state index contributed by atoms with van der Waals surface area (Å²) in [5, 5.41) is 0. The number of methoxy groups -OCH3 is 4. The van der Waals surface area contributed by atoms with E-state index >= 15 is 8.42 Å². The average molecular weight is 695 g/mol. The third kappa shape index (κ3) is 6.04. The van der Waals surface area contributed by atoms with E-state index in [1.165, 1.54) is 12.1 Å². The lowest BCUT2D eigenvalue weighted by molar-refractivity contribution is -0.177. The molecule has 3 aromatic rings. The topological polar surface area (TPSA) is 155 Å². The Balaban J connectivity index is 2.02. The van der Waals surface area contributed by atoms with Crippen molar-refractivity contribution in [1.82, 2.24) is 4.31 Å². The number of carbonyl (C=O) groups is 4. The summed E-state index contributed by atoms with van der Waals surface area (Å²) in [6.07, 6.45) is 0. The molecule has 1 fully saturated rings. The number of rotatable bonds is 9. The van der Waals surface area contributed by atoms with E-state index in [9.17, 15) is 19.2 Å². The van der Waals surface area contributed by atoms with Crippen molar-refractivity contribution in [2.24, 2.45) is 5.92 Å². The van der Waals surface area contributed by atoms with Crippen LogP contribution in [0.25, 0.3) is 0 Å². The second-order valence-electron chi connectivity index (χ2n) is 11.6. The SMILES string of the molecule is COC(=O)C(C(=O)OC)[C@@H]1c2cc(N3CCOCC3)ccc2[C@@H](c2ccccc2)N(S(=O)(=O)c2ccc(C)cc2)C1(C(=O)OC)C(=O)OC. The summed E-state index contributed by atoms with van der Waals surface area (Å²) in [5.41, 5.74) is -0.834. The Bertz CT molecular complexity index is 1790. The van der Waals surface area contributed by atoms with Crippen LogP contribution in [-0.2, 0) is 52.9 Å². The zero-order valence-electron chi connectivity index (χ0n) is 27.8. The summed E-state index contributed by atoms with van der Waals surface area (Å²) in [6, 6.07) is 18.0. The fourth-order valence-electron chi connectivity index (χ4n) is 6.76. The first-order chi connectivity index (χ1) is 23.5. The van der Waals surface area contributed by atoms with E-state index in [1.807, 2.05) is 4.90 Å². The lowest BCUT2D eigenvalue weighted by Crippen LogP contribution is -2.70. The van der Waals surface area contributed by atoms with Crippen molar-refractivity contribution in [2.45, 2.75) is 29.3 Å². The van der Waals surface area contributed by atoms with Crippen LogP contribution in [0, 0.1) is 12.8 Å². The number of ether oxygens (including phenoxy) is 5. The molecule has 0 aliphatic carbocycles. The Morgan fingerprint density at radius 3 is 1.88 bits per heavy atom. The van der Waals surface area contributed by atoms with Gasteiger partial charge in [-0.2, -0.15) is 4.31 Å². The summed E-state index contributed by atoms with van der Waals surface area (Å²) in [7, 11) is -0.896. The molecule has 13 nitrogen and oxygen atoms in total. The highest BCUT2D eigenvalue weighted by Gasteiger charge is 2.71. The van der Waals surface area contributed by atoms with Crippen LogP contribution in [0.5, 0.6) is 0 Å². The second-order valence-corrected chi connectivity index (χ2v) is 13.4. The Labute approximate surface area is 284 Å². The number of esters is 4. The molecule has 0 aromatic heterocycles. The number of fused-ring (bicyclic) bond motifs is 1. The molecule has 14 heteroatoms. The number of benzene rings is 3. The maximum Gasteiger partial charge on any atom is 0.339 e. The predicted molar refractivity (Wildman–Crippen MR) is 175 cm³/mol. The monoisotopic (exact) mass is 694 g/mol. The first-order valence-corrected chi connectivity index (χ1v) is 16.9. The van der Waals surface area contributed by atoms with E-state index in [0.29, 0.717) is 43.1 Å². The molecular weight excluding hydrogens is 656 g/mol. The minimum atomic E-state index is -4.90. The van der Waals surface area contributed by atoms with Crippen LogP contribution in [0.3, 0.4) is 0 Å². The molecule has 5 rings (SSSR count). The van der Waals surface area contributed by atoms with Crippen molar-refractivity contribution in [3.05, 3.63) is 95.1 Å². The number of aryl methyl sites for hydroxylation is 1. The fraction of sp³-hybridized carbons (Fsp3) is 0.371. The second kappa shape index (κ2) is 14.4. The van der Waals surface area contributed by atoms with Crippen LogP contribution in [0.1, 0.15) is 34.2 Å². The van der Waals surface area contributed by atoms with Crippen LogP contribution >= 0.6 is 0 Å².